The molecule has 1 amide bonds. The van der Waals surface area contributed by atoms with E-state index in [-0.39, 0.29) is 12.3 Å². The van der Waals surface area contributed by atoms with E-state index >= 15 is 0 Å². The fraction of sp³-hybridized carbons (Fsp3) is 0.667. The minimum Gasteiger partial charge on any atom is -0.389 e. The standard InChI is InChI=1S/C15H21N3O2/c19-13(8-15(20)6-2-1-3-7-15)18-12-9-16-14(17-10-12)11-4-5-11/h9-11,20H,1-8H2,(H,18,19). The molecule has 1 aromatic heterocycles. The highest BCUT2D eigenvalue weighted by atomic mass is 16.3. The van der Waals surface area contributed by atoms with E-state index in [0.29, 0.717) is 11.6 Å². The Morgan fingerprint density at radius 3 is 2.50 bits per heavy atom. The average molecular weight is 275 g/mol. The van der Waals surface area contributed by atoms with Crippen molar-refractivity contribution in [2.75, 3.05) is 5.32 Å². The third-order valence-electron chi connectivity index (χ3n) is 4.17. The van der Waals surface area contributed by atoms with Crippen LogP contribution in [0.4, 0.5) is 5.69 Å². The maximum absolute atomic E-state index is 12.0. The normalized spacial score (nSPS) is 21.4. The van der Waals surface area contributed by atoms with Crippen molar-refractivity contribution in [2.24, 2.45) is 0 Å². The van der Waals surface area contributed by atoms with E-state index in [4.69, 9.17) is 0 Å². The number of nitrogens with one attached hydrogen (secondary N) is 1. The molecule has 0 saturated heterocycles. The van der Waals surface area contributed by atoms with Gasteiger partial charge in [0.15, 0.2) is 0 Å². The molecule has 0 atom stereocenters. The summed E-state index contributed by atoms with van der Waals surface area (Å²) in [6, 6.07) is 0. The monoisotopic (exact) mass is 275 g/mol. The number of nitrogens with zero attached hydrogens (tertiary/aromatic N) is 2. The zero-order chi connectivity index (χ0) is 14.0. The third kappa shape index (κ3) is 3.33. The summed E-state index contributed by atoms with van der Waals surface area (Å²) < 4.78 is 0. The number of hydrogen-bond donors (Lipinski definition) is 2. The molecule has 0 radical (unpaired) electrons. The number of hydrogen-bond acceptors (Lipinski definition) is 4. The first-order valence-electron chi connectivity index (χ1n) is 7.49. The van der Waals surface area contributed by atoms with Gasteiger partial charge in [0, 0.05) is 5.92 Å². The fourth-order valence-electron chi connectivity index (χ4n) is 2.85. The van der Waals surface area contributed by atoms with Crippen LogP contribution in [0.2, 0.25) is 0 Å². The Bertz CT molecular complexity index is 476. The second-order valence-electron chi connectivity index (χ2n) is 6.11. The van der Waals surface area contributed by atoms with Crippen LogP contribution in [-0.4, -0.2) is 26.6 Å². The van der Waals surface area contributed by atoms with Crippen molar-refractivity contribution in [1.82, 2.24) is 9.97 Å². The fourth-order valence-corrected chi connectivity index (χ4v) is 2.85. The van der Waals surface area contributed by atoms with Gasteiger partial charge in [0.05, 0.1) is 30.1 Å². The van der Waals surface area contributed by atoms with E-state index in [1.165, 1.54) is 12.8 Å². The second kappa shape index (κ2) is 5.48. The third-order valence-corrected chi connectivity index (χ3v) is 4.17. The molecule has 0 bridgehead atoms. The quantitative estimate of drug-likeness (QED) is 0.884. The number of rotatable bonds is 4. The summed E-state index contributed by atoms with van der Waals surface area (Å²) in [5.74, 6) is 1.23. The van der Waals surface area contributed by atoms with E-state index in [2.05, 4.69) is 15.3 Å². The van der Waals surface area contributed by atoms with Crippen LogP contribution in [0.1, 0.15) is 63.1 Å². The summed E-state index contributed by atoms with van der Waals surface area (Å²) in [6.07, 6.45) is 10.4. The predicted octanol–water partition coefficient (Wildman–Crippen LogP) is 2.38. The van der Waals surface area contributed by atoms with Crippen LogP contribution >= 0.6 is 0 Å². The highest BCUT2D eigenvalue weighted by Crippen LogP contribution is 2.37. The molecular formula is C15H21N3O2. The summed E-state index contributed by atoms with van der Waals surface area (Å²) in [4.78, 5) is 20.5. The van der Waals surface area contributed by atoms with Gasteiger partial charge in [-0.15, -0.1) is 0 Å². The smallest absolute Gasteiger partial charge is 0.227 e. The van der Waals surface area contributed by atoms with Crippen LogP contribution in [0.25, 0.3) is 0 Å². The number of carbonyl (C=O) groups is 1. The molecule has 0 unspecified atom stereocenters. The van der Waals surface area contributed by atoms with Crippen molar-refractivity contribution in [2.45, 2.75) is 62.9 Å². The van der Waals surface area contributed by atoms with Crippen LogP contribution < -0.4 is 5.32 Å². The lowest BCUT2D eigenvalue weighted by Crippen LogP contribution is -2.35. The van der Waals surface area contributed by atoms with E-state index in [0.717, 1.165) is 37.9 Å². The average Bonchev–Trinajstić information content (AvgIpc) is 3.24. The first-order valence-corrected chi connectivity index (χ1v) is 7.49. The SMILES string of the molecule is O=C(CC1(O)CCCCC1)Nc1cnc(C2CC2)nc1. The van der Waals surface area contributed by atoms with Gasteiger partial charge in [0.1, 0.15) is 5.82 Å². The molecule has 2 N–H and O–H groups in total. The summed E-state index contributed by atoms with van der Waals surface area (Å²) in [7, 11) is 0. The zero-order valence-corrected chi connectivity index (χ0v) is 11.6. The highest BCUT2D eigenvalue weighted by Gasteiger charge is 2.31. The van der Waals surface area contributed by atoms with Crippen LogP contribution in [0.15, 0.2) is 12.4 Å². The van der Waals surface area contributed by atoms with E-state index in [9.17, 15) is 9.90 Å². The molecule has 5 heteroatoms. The lowest BCUT2D eigenvalue weighted by atomic mass is 9.82. The van der Waals surface area contributed by atoms with Gasteiger partial charge < -0.3 is 10.4 Å². The van der Waals surface area contributed by atoms with E-state index in [1.54, 1.807) is 12.4 Å². The van der Waals surface area contributed by atoms with Crippen LogP contribution in [-0.2, 0) is 4.79 Å². The topological polar surface area (TPSA) is 75.1 Å². The molecule has 0 spiro atoms. The summed E-state index contributed by atoms with van der Waals surface area (Å²) in [5.41, 5.74) is -0.212. The van der Waals surface area contributed by atoms with E-state index in [1.807, 2.05) is 0 Å². The number of amides is 1. The second-order valence-corrected chi connectivity index (χ2v) is 6.11. The summed E-state index contributed by atoms with van der Waals surface area (Å²) in [6.45, 7) is 0. The molecule has 20 heavy (non-hydrogen) atoms. The number of carbonyl (C=O) groups excluding carboxylic acids is 1. The molecule has 5 nitrogen and oxygen atoms in total. The zero-order valence-electron chi connectivity index (χ0n) is 11.6. The summed E-state index contributed by atoms with van der Waals surface area (Å²) >= 11 is 0. The summed E-state index contributed by atoms with van der Waals surface area (Å²) in [5, 5.41) is 13.1. The van der Waals surface area contributed by atoms with E-state index < -0.39 is 5.60 Å². The molecule has 2 aliphatic carbocycles. The minimum absolute atomic E-state index is 0.155. The molecule has 1 heterocycles. The van der Waals surface area contributed by atoms with Crippen molar-refractivity contribution in [3.63, 3.8) is 0 Å². The number of aromatic nitrogens is 2. The number of anilines is 1. The highest BCUT2D eigenvalue weighted by molar-refractivity contribution is 5.91. The van der Waals surface area contributed by atoms with Gasteiger partial charge in [0.25, 0.3) is 0 Å². The van der Waals surface area contributed by atoms with Crippen molar-refractivity contribution in [1.29, 1.82) is 0 Å². The Labute approximate surface area is 118 Å². The Morgan fingerprint density at radius 1 is 1.25 bits per heavy atom. The van der Waals surface area contributed by atoms with Gasteiger partial charge in [0.2, 0.25) is 5.91 Å². The Balaban J connectivity index is 1.55. The Kier molecular flexibility index (Phi) is 3.70. The molecule has 2 fully saturated rings. The molecule has 3 rings (SSSR count). The predicted molar refractivity (Wildman–Crippen MR) is 75.3 cm³/mol. The lowest BCUT2D eigenvalue weighted by Gasteiger charge is -2.31. The molecule has 2 saturated carbocycles. The van der Waals surface area contributed by atoms with Crippen LogP contribution in [0.3, 0.4) is 0 Å². The van der Waals surface area contributed by atoms with Gasteiger partial charge >= 0.3 is 0 Å². The van der Waals surface area contributed by atoms with Crippen LogP contribution in [0.5, 0.6) is 0 Å². The molecule has 2 aliphatic rings. The maximum Gasteiger partial charge on any atom is 0.227 e. The van der Waals surface area contributed by atoms with Crippen molar-refractivity contribution < 1.29 is 9.90 Å². The molecule has 108 valence electrons. The van der Waals surface area contributed by atoms with Gasteiger partial charge in [-0.2, -0.15) is 0 Å². The van der Waals surface area contributed by atoms with Gasteiger partial charge in [-0.25, -0.2) is 9.97 Å². The van der Waals surface area contributed by atoms with Crippen molar-refractivity contribution >= 4 is 11.6 Å². The first-order chi connectivity index (χ1) is 9.65. The maximum atomic E-state index is 12.0. The number of aliphatic hydroxyl groups is 1. The van der Waals surface area contributed by atoms with Crippen LogP contribution in [0, 0.1) is 0 Å². The lowest BCUT2D eigenvalue weighted by molar-refractivity contribution is -0.122. The Hall–Kier alpha value is -1.49. The largest absolute Gasteiger partial charge is 0.389 e. The van der Waals surface area contributed by atoms with Gasteiger partial charge in [-0.3, -0.25) is 4.79 Å². The van der Waals surface area contributed by atoms with Crippen molar-refractivity contribution in [3.05, 3.63) is 18.2 Å². The Morgan fingerprint density at radius 2 is 1.90 bits per heavy atom. The van der Waals surface area contributed by atoms with Crippen molar-refractivity contribution in [3.8, 4) is 0 Å². The first kappa shape index (κ1) is 13.5. The molecular weight excluding hydrogens is 254 g/mol. The molecule has 0 aliphatic heterocycles. The molecule has 1 aromatic rings. The minimum atomic E-state index is -0.822. The van der Waals surface area contributed by atoms with Gasteiger partial charge in [-0.1, -0.05) is 19.3 Å². The van der Waals surface area contributed by atoms with Gasteiger partial charge in [-0.05, 0) is 25.7 Å². The molecule has 0 aromatic carbocycles.